The van der Waals surface area contributed by atoms with Crippen LogP contribution < -0.4 is 14.4 Å². The van der Waals surface area contributed by atoms with Crippen LogP contribution in [0.15, 0.2) is 42.5 Å². The van der Waals surface area contributed by atoms with Gasteiger partial charge < -0.3 is 19.3 Å². The van der Waals surface area contributed by atoms with Crippen LogP contribution in [-0.2, 0) is 11.2 Å². The van der Waals surface area contributed by atoms with Crippen molar-refractivity contribution in [1.82, 2.24) is 9.88 Å². The second-order valence-electron chi connectivity index (χ2n) is 7.33. The third-order valence-corrected chi connectivity index (χ3v) is 6.57. The Bertz CT molecular complexity index is 1040. The van der Waals surface area contributed by atoms with Gasteiger partial charge in [0.15, 0.2) is 16.6 Å². The number of amides is 1. The van der Waals surface area contributed by atoms with E-state index < -0.39 is 6.10 Å². The molecule has 0 spiro atoms. The van der Waals surface area contributed by atoms with Crippen LogP contribution in [0.1, 0.15) is 12.5 Å². The average molecular weight is 410 g/mol. The summed E-state index contributed by atoms with van der Waals surface area (Å²) in [6.45, 7) is 5.30. The maximum absolute atomic E-state index is 12.9. The van der Waals surface area contributed by atoms with Crippen molar-refractivity contribution in [3.63, 3.8) is 0 Å². The van der Waals surface area contributed by atoms with E-state index in [-0.39, 0.29) is 12.5 Å². The minimum Gasteiger partial charge on any atom is -0.485 e. The molecule has 7 heteroatoms. The van der Waals surface area contributed by atoms with Crippen molar-refractivity contribution in [2.45, 2.75) is 19.4 Å². The fourth-order valence-corrected chi connectivity index (χ4v) is 4.86. The Morgan fingerprint density at radius 3 is 2.72 bits per heavy atom. The van der Waals surface area contributed by atoms with E-state index in [0.29, 0.717) is 24.6 Å². The lowest BCUT2D eigenvalue weighted by Crippen LogP contribution is -2.54. The van der Waals surface area contributed by atoms with Gasteiger partial charge in [-0.2, -0.15) is 0 Å². The Kier molecular flexibility index (Phi) is 4.75. The summed E-state index contributed by atoms with van der Waals surface area (Å²) in [5, 5.41) is 1.03. The first kappa shape index (κ1) is 18.2. The minimum absolute atomic E-state index is 0.00367. The van der Waals surface area contributed by atoms with Crippen LogP contribution in [0, 0.1) is 0 Å². The highest BCUT2D eigenvalue weighted by molar-refractivity contribution is 7.22. The fraction of sp³-hybridized carbons (Fsp3) is 0.364. The molecule has 0 unspecified atom stereocenters. The topological polar surface area (TPSA) is 54.9 Å². The summed E-state index contributed by atoms with van der Waals surface area (Å²) in [4.78, 5) is 21.8. The van der Waals surface area contributed by atoms with Crippen molar-refractivity contribution in [2.24, 2.45) is 0 Å². The summed E-state index contributed by atoms with van der Waals surface area (Å²) in [6, 6.07) is 14.0. The highest BCUT2D eigenvalue weighted by Crippen LogP contribution is 2.32. The third kappa shape index (κ3) is 3.51. The fourth-order valence-electron chi connectivity index (χ4n) is 3.78. The van der Waals surface area contributed by atoms with E-state index in [1.165, 1.54) is 10.3 Å². The number of hydrogen-bond donors (Lipinski definition) is 0. The number of rotatable bonds is 3. The number of aryl methyl sites for hydroxylation is 1. The third-order valence-electron chi connectivity index (χ3n) is 5.50. The predicted molar refractivity (Wildman–Crippen MR) is 114 cm³/mol. The molecule has 6 nitrogen and oxygen atoms in total. The summed E-state index contributed by atoms with van der Waals surface area (Å²) in [5.74, 6) is 1.33. The molecule has 3 heterocycles. The van der Waals surface area contributed by atoms with Crippen LogP contribution in [-0.4, -0.2) is 54.7 Å². The van der Waals surface area contributed by atoms with Crippen molar-refractivity contribution < 1.29 is 14.3 Å². The maximum atomic E-state index is 12.9. The summed E-state index contributed by atoms with van der Waals surface area (Å²) in [6.07, 6.45) is 0.452. The van der Waals surface area contributed by atoms with Crippen LogP contribution in [0.4, 0.5) is 5.13 Å². The average Bonchev–Trinajstić information content (AvgIpc) is 3.21. The van der Waals surface area contributed by atoms with E-state index in [4.69, 9.17) is 14.5 Å². The number of aromatic nitrogens is 1. The van der Waals surface area contributed by atoms with Gasteiger partial charge in [0.25, 0.3) is 5.91 Å². The number of ether oxygens (including phenoxy) is 2. The van der Waals surface area contributed by atoms with Gasteiger partial charge in [0.1, 0.15) is 6.61 Å². The molecule has 3 aromatic rings. The largest absolute Gasteiger partial charge is 0.485 e. The molecule has 2 aliphatic rings. The molecule has 0 saturated carbocycles. The van der Waals surface area contributed by atoms with Gasteiger partial charge in [0.05, 0.1) is 10.2 Å². The molecule has 0 bridgehead atoms. The zero-order chi connectivity index (χ0) is 19.8. The molecular formula is C22H23N3O3S. The molecule has 1 atom stereocenters. The molecule has 1 aromatic heterocycles. The second-order valence-corrected chi connectivity index (χ2v) is 8.34. The second kappa shape index (κ2) is 7.55. The Morgan fingerprint density at radius 1 is 1.14 bits per heavy atom. The van der Waals surface area contributed by atoms with Crippen LogP contribution in [0.3, 0.4) is 0 Å². The highest BCUT2D eigenvalue weighted by atomic mass is 32.1. The Morgan fingerprint density at radius 2 is 1.93 bits per heavy atom. The molecule has 1 fully saturated rings. The molecular weight excluding hydrogens is 386 g/mol. The Balaban J connectivity index is 1.23. The summed E-state index contributed by atoms with van der Waals surface area (Å²) in [7, 11) is 0. The van der Waals surface area contributed by atoms with E-state index in [9.17, 15) is 4.79 Å². The normalized spacial score (nSPS) is 18.9. The first-order valence-corrected chi connectivity index (χ1v) is 10.8. The first-order chi connectivity index (χ1) is 14.2. The molecule has 1 saturated heterocycles. The number of fused-ring (bicyclic) bond motifs is 2. The molecule has 1 amide bonds. The predicted octanol–water partition coefficient (Wildman–Crippen LogP) is 3.35. The standard InChI is InChI=1S/C22H23N3O3S/c1-2-15-7-8-16-20(13-15)29-22(23-16)25-11-9-24(10-12-25)21(26)19-14-27-17-5-3-4-6-18(17)28-19/h3-8,13,19H,2,9-12,14H2,1H3/t19-/m1/s1. The van der Waals surface area contributed by atoms with Gasteiger partial charge in [-0.05, 0) is 36.2 Å². The smallest absolute Gasteiger partial charge is 0.267 e. The zero-order valence-corrected chi connectivity index (χ0v) is 17.2. The molecule has 0 aliphatic carbocycles. The van der Waals surface area contributed by atoms with E-state index in [1.54, 1.807) is 11.3 Å². The summed E-state index contributed by atoms with van der Waals surface area (Å²) in [5.41, 5.74) is 2.38. The zero-order valence-electron chi connectivity index (χ0n) is 16.3. The van der Waals surface area contributed by atoms with E-state index >= 15 is 0 Å². The quantitative estimate of drug-likeness (QED) is 0.664. The monoisotopic (exact) mass is 409 g/mol. The number of carbonyl (C=O) groups excluding carboxylic acids is 1. The van der Waals surface area contributed by atoms with Crippen LogP contribution >= 0.6 is 11.3 Å². The van der Waals surface area contributed by atoms with Crippen molar-refractivity contribution in [1.29, 1.82) is 0 Å². The number of carbonyl (C=O) groups is 1. The molecule has 0 radical (unpaired) electrons. The number of piperazine rings is 1. The lowest BCUT2D eigenvalue weighted by Gasteiger charge is -2.37. The van der Waals surface area contributed by atoms with Gasteiger partial charge in [-0.3, -0.25) is 4.79 Å². The first-order valence-electron chi connectivity index (χ1n) is 10.0. The van der Waals surface area contributed by atoms with E-state index in [1.807, 2.05) is 29.2 Å². The molecule has 29 heavy (non-hydrogen) atoms. The van der Waals surface area contributed by atoms with Crippen molar-refractivity contribution in [3.8, 4) is 11.5 Å². The molecule has 5 rings (SSSR count). The van der Waals surface area contributed by atoms with Crippen molar-refractivity contribution in [3.05, 3.63) is 48.0 Å². The molecule has 2 aromatic carbocycles. The number of para-hydroxylation sites is 2. The van der Waals surface area contributed by atoms with Crippen LogP contribution in [0.2, 0.25) is 0 Å². The van der Waals surface area contributed by atoms with E-state index in [0.717, 1.165) is 30.2 Å². The van der Waals surface area contributed by atoms with Gasteiger partial charge in [-0.15, -0.1) is 0 Å². The van der Waals surface area contributed by atoms with Crippen molar-refractivity contribution >= 4 is 32.6 Å². The van der Waals surface area contributed by atoms with E-state index in [2.05, 4.69) is 30.0 Å². The lowest BCUT2D eigenvalue weighted by atomic mass is 10.2. The number of anilines is 1. The van der Waals surface area contributed by atoms with Crippen LogP contribution in [0.25, 0.3) is 10.2 Å². The SMILES string of the molecule is CCc1ccc2nc(N3CCN(C(=O)[C@H]4COc5ccccc5O4)CC3)sc2c1. The number of thiazole rings is 1. The Hall–Kier alpha value is -2.80. The maximum Gasteiger partial charge on any atom is 0.267 e. The van der Waals surface area contributed by atoms with Gasteiger partial charge in [-0.1, -0.05) is 36.5 Å². The lowest BCUT2D eigenvalue weighted by molar-refractivity contribution is -0.141. The number of hydrogen-bond acceptors (Lipinski definition) is 6. The molecule has 0 N–H and O–H groups in total. The van der Waals surface area contributed by atoms with Crippen molar-refractivity contribution in [2.75, 3.05) is 37.7 Å². The molecule has 150 valence electrons. The van der Waals surface area contributed by atoms with Crippen LogP contribution in [0.5, 0.6) is 11.5 Å². The summed E-state index contributed by atoms with van der Waals surface area (Å²) >= 11 is 1.73. The van der Waals surface area contributed by atoms with Gasteiger partial charge >= 0.3 is 0 Å². The molecule has 2 aliphatic heterocycles. The highest BCUT2D eigenvalue weighted by Gasteiger charge is 2.33. The minimum atomic E-state index is -0.577. The van der Waals surface area contributed by atoms with Gasteiger partial charge in [0.2, 0.25) is 6.10 Å². The summed E-state index contributed by atoms with van der Waals surface area (Å²) < 4.78 is 12.8. The Labute approximate surface area is 173 Å². The van der Waals surface area contributed by atoms with Gasteiger partial charge in [-0.25, -0.2) is 4.98 Å². The number of benzene rings is 2. The number of nitrogens with zero attached hydrogens (tertiary/aromatic N) is 3. The van der Waals surface area contributed by atoms with Gasteiger partial charge in [0, 0.05) is 26.2 Å².